The van der Waals surface area contributed by atoms with Crippen LogP contribution in [-0.2, 0) is 9.53 Å². The molecule has 3 rings (SSSR count). The number of benzene rings is 2. The minimum Gasteiger partial charge on any atom is -0.462 e. The van der Waals surface area contributed by atoms with Crippen molar-refractivity contribution >= 4 is 23.5 Å². The predicted molar refractivity (Wildman–Crippen MR) is 106 cm³/mol. The van der Waals surface area contributed by atoms with E-state index in [2.05, 4.69) is 29.6 Å². The van der Waals surface area contributed by atoms with Gasteiger partial charge in [0.15, 0.2) is 0 Å². The summed E-state index contributed by atoms with van der Waals surface area (Å²) >= 11 is 0. The van der Waals surface area contributed by atoms with Crippen LogP contribution in [0.3, 0.4) is 0 Å². The first-order chi connectivity index (χ1) is 14.0. The predicted octanol–water partition coefficient (Wildman–Crippen LogP) is 1.75. The van der Waals surface area contributed by atoms with Gasteiger partial charge in [0.1, 0.15) is 5.72 Å². The van der Waals surface area contributed by atoms with Crippen LogP contribution in [-0.4, -0.2) is 40.1 Å². The zero-order valence-electron chi connectivity index (χ0n) is 16.4. The fraction of sp³-hybridized carbons (Fsp3) is 0.250. The van der Waals surface area contributed by atoms with Gasteiger partial charge >= 0.3 is 5.97 Å². The van der Waals surface area contributed by atoms with Crippen molar-refractivity contribution in [2.75, 3.05) is 6.61 Å². The standard InChI is InChI=1S/C14H17N3O7.C6H4/c1-3-24-13(20)9-4-8(5-10(6-9)17(22)23)12(19)16-14(2,21)7-11(15)18;1-2-6-4-3-5(1)6/h4-6,21H,3,7H2,1-2H3,(H2,15,18)(H,16,19);1-4H. The van der Waals surface area contributed by atoms with E-state index in [4.69, 9.17) is 10.5 Å². The lowest BCUT2D eigenvalue weighted by atomic mass is 9.95. The molecule has 0 spiro atoms. The molecule has 1 unspecified atom stereocenters. The Hall–Kier alpha value is -3.79. The zero-order chi connectivity index (χ0) is 22.5. The Labute approximate surface area is 171 Å². The second kappa shape index (κ2) is 9.14. The van der Waals surface area contributed by atoms with Crippen LogP contribution in [0.4, 0.5) is 5.69 Å². The molecule has 10 heteroatoms. The number of hydrogen-bond acceptors (Lipinski definition) is 7. The van der Waals surface area contributed by atoms with E-state index >= 15 is 0 Å². The smallest absolute Gasteiger partial charge is 0.338 e. The molecule has 0 aromatic heterocycles. The zero-order valence-corrected chi connectivity index (χ0v) is 16.4. The fourth-order valence-electron chi connectivity index (χ4n) is 2.54. The minimum absolute atomic E-state index is 0.0520. The Morgan fingerprint density at radius 1 is 1.13 bits per heavy atom. The lowest BCUT2D eigenvalue weighted by Crippen LogP contribution is -2.48. The molecule has 0 saturated carbocycles. The number of hydrogen-bond donors (Lipinski definition) is 3. The molecule has 2 aliphatic carbocycles. The van der Waals surface area contributed by atoms with Crippen molar-refractivity contribution in [2.24, 2.45) is 5.73 Å². The summed E-state index contributed by atoms with van der Waals surface area (Å²) in [5.41, 5.74) is 4.92. The number of esters is 1. The highest BCUT2D eigenvalue weighted by Crippen LogP contribution is 2.29. The van der Waals surface area contributed by atoms with Gasteiger partial charge in [0, 0.05) is 17.7 Å². The van der Waals surface area contributed by atoms with Crippen LogP contribution < -0.4 is 11.1 Å². The Morgan fingerprint density at radius 3 is 2.07 bits per heavy atom. The largest absolute Gasteiger partial charge is 0.462 e. The van der Waals surface area contributed by atoms with Crippen LogP contribution in [0.2, 0.25) is 0 Å². The van der Waals surface area contributed by atoms with Gasteiger partial charge in [-0.25, -0.2) is 4.79 Å². The van der Waals surface area contributed by atoms with Crippen molar-refractivity contribution in [3.8, 4) is 11.1 Å². The van der Waals surface area contributed by atoms with Crippen LogP contribution in [0.5, 0.6) is 0 Å². The second-order valence-electron chi connectivity index (χ2n) is 6.69. The Morgan fingerprint density at radius 2 is 1.67 bits per heavy atom. The summed E-state index contributed by atoms with van der Waals surface area (Å²) in [6.45, 7) is 2.75. The number of nitrogens with two attached hydrogens (primary N) is 1. The molecule has 0 heterocycles. The summed E-state index contributed by atoms with van der Waals surface area (Å²) in [5.74, 6) is -2.61. The monoisotopic (exact) mass is 415 g/mol. The molecule has 1 aromatic carbocycles. The third-order valence-electron chi connectivity index (χ3n) is 4.02. The molecule has 0 radical (unpaired) electrons. The average Bonchev–Trinajstić information content (AvgIpc) is 2.63. The molecule has 1 atom stereocenters. The molecule has 1 aromatic rings. The van der Waals surface area contributed by atoms with Gasteiger partial charge in [-0.3, -0.25) is 19.7 Å². The molecule has 30 heavy (non-hydrogen) atoms. The van der Waals surface area contributed by atoms with Crippen molar-refractivity contribution < 1.29 is 29.2 Å². The third-order valence-corrected chi connectivity index (χ3v) is 4.02. The van der Waals surface area contributed by atoms with Gasteiger partial charge in [0.05, 0.1) is 23.5 Å². The van der Waals surface area contributed by atoms with E-state index in [9.17, 15) is 29.6 Å². The van der Waals surface area contributed by atoms with Crippen molar-refractivity contribution in [3.05, 3.63) is 63.7 Å². The van der Waals surface area contributed by atoms with E-state index < -0.39 is 40.5 Å². The summed E-state index contributed by atoms with van der Waals surface area (Å²) in [4.78, 5) is 44.9. The van der Waals surface area contributed by atoms with E-state index in [1.54, 1.807) is 6.92 Å². The van der Waals surface area contributed by atoms with Crippen LogP contribution in [0.25, 0.3) is 11.1 Å². The van der Waals surface area contributed by atoms with Gasteiger partial charge in [-0.05, 0) is 31.0 Å². The Bertz CT molecular complexity index is 963. The highest BCUT2D eigenvalue weighted by molar-refractivity contribution is 5.99. The SMILES string of the molecule is CCOC(=O)c1cc(C(=O)NC(C)(O)CC(N)=O)cc([N+](=O)[O-])c1.c1cc2ccc1-2. The number of fused-ring (bicyclic) bond motifs is 1. The number of ether oxygens (including phenoxy) is 1. The summed E-state index contributed by atoms with van der Waals surface area (Å²) < 4.78 is 4.75. The van der Waals surface area contributed by atoms with E-state index in [0.29, 0.717) is 0 Å². The molecular formula is C20H21N3O7. The molecule has 2 aliphatic rings. The maximum Gasteiger partial charge on any atom is 0.338 e. The topological polar surface area (TPSA) is 162 Å². The molecule has 0 bridgehead atoms. The number of nitro groups is 1. The molecule has 0 saturated heterocycles. The number of rotatable bonds is 7. The lowest BCUT2D eigenvalue weighted by molar-refractivity contribution is -0.384. The van der Waals surface area contributed by atoms with Crippen molar-refractivity contribution in [1.29, 1.82) is 0 Å². The number of carbonyl (C=O) groups is 3. The van der Waals surface area contributed by atoms with Crippen LogP contribution >= 0.6 is 0 Å². The van der Waals surface area contributed by atoms with E-state index in [0.717, 1.165) is 25.1 Å². The normalized spacial score (nSPS) is 12.5. The number of nitro benzene ring substituents is 1. The molecule has 0 aliphatic heterocycles. The van der Waals surface area contributed by atoms with Gasteiger partial charge in [-0.2, -0.15) is 0 Å². The number of amides is 2. The molecule has 4 N–H and O–H groups in total. The van der Waals surface area contributed by atoms with Crippen LogP contribution in [0.15, 0.2) is 42.5 Å². The van der Waals surface area contributed by atoms with Crippen LogP contribution in [0, 0.1) is 10.1 Å². The Kier molecular flexibility index (Phi) is 6.85. The van der Waals surface area contributed by atoms with Crippen molar-refractivity contribution in [1.82, 2.24) is 5.32 Å². The highest BCUT2D eigenvalue weighted by Gasteiger charge is 2.27. The first kappa shape index (κ1) is 22.5. The third kappa shape index (κ3) is 5.85. The van der Waals surface area contributed by atoms with Crippen molar-refractivity contribution in [3.63, 3.8) is 0 Å². The molecule has 158 valence electrons. The van der Waals surface area contributed by atoms with Crippen LogP contribution in [0.1, 0.15) is 41.0 Å². The summed E-state index contributed by atoms with van der Waals surface area (Å²) in [5, 5.41) is 23.0. The first-order valence-corrected chi connectivity index (χ1v) is 8.92. The number of non-ortho nitro benzene ring substituents is 1. The fourth-order valence-corrected chi connectivity index (χ4v) is 2.54. The number of aliphatic hydroxyl groups is 1. The molecular weight excluding hydrogens is 394 g/mol. The molecule has 0 fully saturated rings. The maximum atomic E-state index is 12.2. The van der Waals surface area contributed by atoms with Gasteiger partial charge in [0.2, 0.25) is 5.91 Å². The Balaban J connectivity index is 0.000000443. The second-order valence-corrected chi connectivity index (χ2v) is 6.69. The lowest BCUT2D eigenvalue weighted by Gasteiger charge is -2.23. The highest BCUT2D eigenvalue weighted by atomic mass is 16.6. The summed E-state index contributed by atoms with van der Waals surface area (Å²) in [7, 11) is 0. The molecule has 10 nitrogen and oxygen atoms in total. The molecule has 2 amide bonds. The van der Waals surface area contributed by atoms with Gasteiger partial charge in [0.25, 0.3) is 11.6 Å². The number of carbonyl (C=O) groups excluding carboxylic acids is 3. The number of nitrogens with zero attached hydrogens (tertiary/aromatic N) is 1. The summed E-state index contributed by atoms with van der Waals surface area (Å²) in [6, 6.07) is 11.5. The quantitative estimate of drug-likeness (QED) is 0.229. The average molecular weight is 415 g/mol. The minimum atomic E-state index is -1.95. The first-order valence-electron chi connectivity index (χ1n) is 8.92. The van der Waals surface area contributed by atoms with Crippen molar-refractivity contribution in [2.45, 2.75) is 26.0 Å². The number of primary amides is 1. The van der Waals surface area contributed by atoms with Gasteiger partial charge < -0.3 is 20.9 Å². The van der Waals surface area contributed by atoms with Gasteiger partial charge in [-0.1, -0.05) is 24.3 Å². The van der Waals surface area contributed by atoms with Gasteiger partial charge in [-0.15, -0.1) is 0 Å². The van der Waals surface area contributed by atoms with E-state index in [1.165, 1.54) is 11.1 Å². The summed E-state index contributed by atoms with van der Waals surface area (Å²) in [6.07, 6.45) is -0.557. The maximum absolute atomic E-state index is 12.2. The number of nitrogens with one attached hydrogen (secondary N) is 1. The van der Waals surface area contributed by atoms with E-state index in [-0.39, 0.29) is 17.7 Å². The van der Waals surface area contributed by atoms with E-state index in [1.807, 2.05) is 0 Å².